The number of aromatic nitrogens is 2. The van der Waals surface area contributed by atoms with Gasteiger partial charge in [-0.25, -0.2) is 14.8 Å². The van der Waals surface area contributed by atoms with Crippen LogP contribution in [0.2, 0.25) is 0 Å². The number of methoxy groups -OCH3 is 1. The monoisotopic (exact) mass is 315 g/mol. The van der Waals surface area contributed by atoms with Crippen molar-refractivity contribution in [2.24, 2.45) is 0 Å². The maximum absolute atomic E-state index is 11.9. The Morgan fingerprint density at radius 3 is 2.65 bits per heavy atom. The van der Waals surface area contributed by atoms with E-state index in [-0.39, 0.29) is 5.78 Å². The molecule has 3 rings (SSSR count). The van der Waals surface area contributed by atoms with Crippen LogP contribution >= 0.6 is 0 Å². The van der Waals surface area contributed by atoms with Gasteiger partial charge in [-0.15, -0.1) is 0 Å². The van der Waals surface area contributed by atoms with Gasteiger partial charge in [-0.3, -0.25) is 4.79 Å². The number of hydrogen-bond acceptors (Lipinski definition) is 7. The lowest BCUT2D eigenvalue weighted by atomic mass is 10.1. The van der Waals surface area contributed by atoms with Crippen molar-refractivity contribution < 1.29 is 19.1 Å². The number of carbonyl (C=O) groups is 2. The minimum atomic E-state index is -0.507. The molecule has 0 saturated carbocycles. The van der Waals surface area contributed by atoms with Crippen molar-refractivity contribution in [3.63, 3.8) is 0 Å². The van der Waals surface area contributed by atoms with Crippen molar-refractivity contribution in [1.82, 2.24) is 9.97 Å². The number of benzene rings is 1. The molecule has 1 saturated heterocycles. The molecule has 0 amide bonds. The van der Waals surface area contributed by atoms with E-state index in [9.17, 15) is 9.59 Å². The Hall–Kier alpha value is -2.54. The Balaban J connectivity index is 2.12. The number of anilines is 1. The van der Waals surface area contributed by atoms with Crippen LogP contribution in [0.5, 0.6) is 0 Å². The van der Waals surface area contributed by atoms with Gasteiger partial charge >= 0.3 is 5.97 Å². The molecule has 0 unspecified atom stereocenters. The highest BCUT2D eigenvalue weighted by atomic mass is 16.5. The highest BCUT2D eigenvalue weighted by Crippen LogP contribution is 2.22. The zero-order valence-corrected chi connectivity index (χ0v) is 13.0. The average Bonchev–Trinajstić information content (AvgIpc) is 2.60. The van der Waals surface area contributed by atoms with E-state index in [1.807, 2.05) is 0 Å². The summed E-state index contributed by atoms with van der Waals surface area (Å²) in [7, 11) is 1.30. The van der Waals surface area contributed by atoms with Gasteiger partial charge in [-0.1, -0.05) is 0 Å². The topological polar surface area (TPSA) is 81.6 Å². The van der Waals surface area contributed by atoms with Crippen LogP contribution in [-0.4, -0.2) is 55.1 Å². The Morgan fingerprint density at radius 1 is 1.26 bits per heavy atom. The predicted molar refractivity (Wildman–Crippen MR) is 83.9 cm³/mol. The van der Waals surface area contributed by atoms with Gasteiger partial charge in [0.15, 0.2) is 5.78 Å². The molecule has 1 aliphatic rings. The Kier molecular flexibility index (Phi) is 4.20. The lowest BCUT2D eigenvalue weighted by molar-refractivity contribution is 0.0601. The van der Waals surface area contributed by atoms with E-state index in [4.69, 9.17) is 9.47 Å². The van der Waals surface area contributed by atoms with Crippen molar-refractivity contribution in [1.29, 1.82) is 0 Å². The minimum absolute atomic E-state index is 0.172. The number of morpholine rings is 1. The lowest BCUT2D eigenvalue weighted by Gasteiger charge is -2.27. The maximum Gasteiger partial charge on any atom is 0.337 e. The summed E-state index contributed by atoms with van der Waals surface area (Å²) >= 11 is 0. The van der Waals surface area contributed by atoms with Gasteiger partial charge in [0.05, 0.1) is 43.1 Å². The van der Waals surface area contributed by atoms with Gasteiger partial charge in [0.1, 0.15) is 5.82 Å². The Bertz CT molecular complexity index is 769. The Morgan fingerprint density at radius 2 is 2.00 bits per heavy atom. The molecule has 1 fully saturated rings. The second kappa shape index (κ2) is 6.29. The van der Waals surface area contributed by atoms with E-state index in [0.717, 1.165) is 13.1 Å². The molecule has 0 N–H and O–H groups in total. The number of nitrogens with zero attached hydrogens (tertiary/aromatic N) is 3. The summed E-state index contributed by atoms with van der Waals surface area (Å²) in [6.07, 6.45) is 1.65. The molecule has 0 bridgehead atoms. The van der Waals surface area contributed by atoms with Crippen LogP contribution in [0.25, 0.3) is 11.0 Å². The smallest absolute Gasteiger partial charge is 0.337 e. The van der Waals surface area contributed by atoms with E-state index in [0.29, 0.717) is 41.2 Å². The number of rotatable bonds is 3. The molecule has 2 aromatic rings. The molecule has 0 spiro atoms. The number of ketones is 1. The molecule has 0 radical (unpaired) electrons. The fourth-order valence-electron chi connectivity index (χ4n) is 2.56. The molecule has 1 aromatic carbocycles. The molecule has 1 aliphatic heterocycles. The summed E-state index contributed by atoms with van der Waals surface area (Å²) in [5.41, 5.74) is 1.65. The van der Waals surface area contributed by atoms with E-state index in [2.05, 4.69) is 14.9 Å². The van der Waals surface area contributed by atoms with Gasteiger partial charge in [-0.05, 0) is 19.1 Å². The number of esters is 1. The number of ether oxygens (including phenoxy) is 2. The van der Waals surface area contributed by atoms with Crippen LogP contribution in [0.15, 0.2) is 18.3 Å². The molecule has 2 heterocycles. The van der Waals surface area contributed by atoms with Crippen LogP contribution in [-0.2, 0) is 9.47 Å². The predicted octanol–water partition coefficient (Wildman–Crippen LogP) is 1.46. The molecule has 23 heavy (non-hydrogen) atoms. The van der Waals surface area contributed by atoms with Crippen molar-refractivity contribution in [3.05, 3.63) is 29.5 Å². The molecular weight excluding hydrogens is 298 g/mol. The van der Waals surface area contributed by atoms with Gasteiger partial charge in [0.2, 0.25) is 0 Å². The fourth-order valence-corrected chi connectivity index (χ4v) is 2.56. The summed E-state index contributed by atoms with van der Waals surface area (Å²) in [5, 5.41) is 0. The van der Waals surface area contributed by atoms with E-state index >= 15 is 0 Å². The molecule has 120 valence electrons. The summed E-state index contributed by atoms with van der Waals surface area (Å²) < 4.78 is 10.1. The number of hydrogen-bond donors (Lipinski definition) is 0. The van der Waals surface area contributed by atoms with E-state index in [1.165, 1.54) is 20.1 Å². The quantitative estimate of drug-likeness (QED) is 0.626. The standard InChI is InChI=1S/C16H17N3O4/c1-10(20)12-7-11(16(21)22-2)8-13-15(12)17-9-14(18-13)19-3-5-23-6-4-19/h7-9H,3-6H2,1-2H3. The van der Waals surface area contributed by atoms with Crippen LogP contribution in [0.1, 0.15) is 27.6 Å². The van der Waals surface area contributed by atoms with E-state index in [1.54, 1.807) is 12.3 Å². The number of fused-ring (bicyclic) bond motifs is 1. The van der Waals surface area contributed by atoms with E-state index < -0.39 is 5.97 Å². The molecule has 0 atom stereocenters. The molecule has 1 aromatic heterocycles. The molecule has 7 heteroatoms. The first-order chi connectivity index (χ1) is 11.1. The van der Waals surface area contributed by atoms with Crippen LogP contribution < -0.4 is 4.90 Å². The minimum Gasteiger partial charge on any atom is -0.465 e. The number of Topliss-reactive ketones (excluding diaryl/α,β-unsaturated/α-hetero) is 1. The highest BCUT2D eigenvalue weighted by molar-refractivity contribution is 6.07. The molecule has 0 aliphatic carbocycles. The van der Waals surface area contributed by atoms with Crippen molar-refractivity contribution in [2.45, 2.75) is 6.92 Å². The summed E-state index contributed by atoms with van der Waals surface area (Å²) in [4.78, 5) is 34.7. The van der Waals surface area contributed by atoms with Gasteiger partial charge in [-0.2, -0.15) is 0 Å². The normalized spacial score (nSPS) is 14.8. The third kappa shape index (κ3) is 3.00. The fraction of sp³-hybridized carbons (Fsp3) is 0.375. The zero-order chi connectivity index (χ0) is 16.4. The first-order valence-electron chi connectivity index (χ1n) is 7.33. The van der Waals surface area contributed by atoms with Crippen molar-refractivity contribution in [3.8, 4) is 0 Å². The van der Waals surface area contributed by atoms with Gasteiger partial charge in [0.25, 0.3) is 0 Å². The van der Waals surface area contributed by atoms with Crippen LogP contribution in [0.3, 0.4) is 0 Å². The SMILES string of the molecule is COC(=O)c1cc(C(C)=O)c2ncc(N3CCOCC3)nc2c1. The first-order valence-corrected chi connectivity index (χ1v) is 7.33. The van der Waals surface area contributed by atoms with Crippen molar-refractivity contribution >= 4 is 28.6 Å². The average molecular weight is 315 g/mol. The largest absolute Gasteiger partial charge is 0.465 e. The summed E-state index contributed by atoms with van der Waals surface area (Å²) in [5.74, 6) is 0.0273. The second-order valence-corrected chi connectivity index (χ2v) is 5.27. The summed E-state index contributed by atoms with van der Waals surface area (Å²) in [6.45, 7) is 4.18. The van der Waals surface area contributed by atoms with Gasteiger partial charge in [0, 0.05) is 18.7 Å². The number of carbonyl (C=O) groups excluding carboxylic acids is 2. The molecular formula is C16H17N3O4. The zero-order valence-electron chi connectivity index (χ0n) is 13.0. The van der Waals surface area contributed by atoms with Crippen molar-refractivity contribution in [2.75, 3.05) is 38.3 Å². The highest BCUT2D eigenvalue weighted by Gasteiger charge is 2.18. The summed E-state index contributed by atoms with van der Waals surface area (Å²) in [6, 6.07) is 3.10. The maximum atomic E-state index is 11.9. The first kappa shape index (κ1) is 15.4. The third-order valence-electron chi connectivity index (χ3n) is 3.77. The van der Waals surface area contributed by atoms with Gasteiger partial charge < -0.3 is 14.4 Å². The van der Waals surface area contributed by atoms with Crippen LogP contribution in [0.4, 0.5) is 5.82 Å². The Labute approximate surface area is 133 Å². The second-order valence-electron chi connectivity index (χ2n) is 5.27. The lowest BCUT2D eigenvalue weighted by Crippen LogP contribution is -2.36. The third-order valence-corrected chi connectivity index (χ3v) is 3.77. The molecule has 7 nitrogen and oxygen atoms in total. The van der Waals surface area contributed by atoms with Crippen LogP contribution in [0, 0.1) is 0 Å².